The van der Waals surface area contributed by atoms with E-state index in [0.29, 0.717) is 6.42 Å². The van der Waals surface area contributed by atoms with Crippen LogP contribution in [0.25, 0.3) is 0 Å². The summed E-state index contributed by atoms with van der Waals surface area (Å²) in [6.45, 7) is 4.16. The third-order valence-electron chi connectivity index (χ3n) is 10.4. The zero-order valence-electron chi connectivity index (χ0n) is 35.1. The number of rotatable bonds is 41. The lowest BCUT2D eigenvalue weighted by molar-refractivity contribution is -0.131. The highest BCUT2D eigenvalue weighted by Gasteiger charge is 2.22. The molecule has 3 unspecified atom stereocenters. The van der Waals surface area contributed by atoms with Crippen LogP contribution in [0.3, 0.4) is 0 Å². The maximum Gasteiger partial charge on any atom is 0.249 e. The lowest BCUT2D eigenvalue weighted by Gasteiger charge is -2.21. The third-order valence-corrected chi connectivity index (χ3v) is 10.4. The fourth-order valence-electron chi connectivity index (χ4n) is 6.74. The number of amides is 1. The molecule has 0 aromatic rings. The third kappa shape index (κ3) is 38.4. The lowest BCUT2D eigenvalue weighted by Crippen LogP contribution is -2.48. The van der Waals surface area contributed by atoms with Crippen LogP contribution < -0.4 is 5.32 Å². The number of aliphatic hydroxyl groups is 3. The highest BCUT2D eigenvalue weighted by molar-refractivity contribution is 5.80. The molecule has 0 aromatic carbocycles. The van der Waals surface area contributed by atoms with Crippen LogP contribution in [-0.2, 0) is 4.79 Å². The molecule has 5 nitrogen and oxygen atoms in total. The Morgan fingerprint density at radius 2 is 0.774 bits per heavy atom. The monoisotopic (exact) mass is 744 g/mol. The molecule has 1 amide bonds. The van der Waals surface area contributed by atoms with Gasteiger partial charge in [0.1, 0.15) is 6.10 Å². The van der Waals surface area contributed by atoms with Crippen LogP contribution in [0.2, 0.25) is 0 Å². The second kappa shape index (κ2) is 43.0. The quantitative estimate of drug-likeness (QED) is 0.0371. The number of carbonyl (C=O) groups excluding carboxylic acids is 1. The summed E-state index contributed by atoms with van der Waals surface area (Å²) in [4.78, 5) is 12.4. The summed E-state index contributed by atoms with van der Waals surface area (Å²) in [7, 11) is 0. The van der Waals surface area contributed by atoms with Crippen molar-refractivity contribution in [2.24, 2.45) is 0 Å². The first-order chi connectivity index (χ1) is 26.1. The van der Waals surface area contributed by atoms with Crippen molar-refractivity contribution in [1.29, 1.82) is 0 Å². The molecule has 0 spiro atoms. The molecule has 3 atom stereocenters. The first-order valence-corrected chi connectivity index (χ1v) is 23.0. The van der Waals surface area contributed by atoms with Gasteiger partial charge in [-0.05, 0) is 70.6 Å². The average molecular weight is 744 g/mol. The number of nitrogens with one attached hydrogen (secondary N) is 1. The summed E-state index contributed by atoms with van der Waals surface area (Å²) in [6, 6.07) is -0.826. The van der Waals surface area contributed by atoms with Crippen LogP contribution in [0.1, 0.15) is 226 Å². The highest BCUT2D eigenvalue weighted by Crippen LogP contribution is 2.14. The minimum absolute atomic E-state index is 0.386. The van der Waals surface area contributed by atoms with Gasteiger partial charge < -0.3 is 20.6 Å². The van der Waals surface area contributed by atoms with E-state index in [9.17, 15) is 20.1 Å². The molecule has 0 aromatic heterocycles. The fourth-order valence-corrected chi connectivity index (χ4v) is 6.74. The molecule has 0 heterocycles. The highest BCUT2D eigenvalue weighted by atomic mass is 16.3. The van der Waals surface area contributed by atoms with Gasteiger partial charge in [-0.25, -0.2) is 0 Å². The van der Waals surface area contributed by atoms with Crippen molar-refractivity contribution in [3.63, 3.8) is 0 Å². The molecule has 0 radical (unpaired) electrons. The summed E-state index contributed by atoms with van der Waals surface area (Å²) in [5, 5.41) is 33.1. The van der Waals surface area contributed by atoms with Crippen molar-refractivity contribution in [2.75, 3.05) is 6.61 Å². The molecule has 0 rings (SSSR count). The smallest absolute Gasteiger partial charge is 0.249 e. The van der Waals surface area contributed by atoms with E-state index in [4.69, 9.17) is 0 Å². The molecule has 5 heteroatoms. The van der Waals surface area contributed by atoms with Crippen molar-refractivity contribution < 1.29 is 20.1 Å². The summed E-state index contributed by atoms with van der Waals surface area (Å²) in [6.07, 6.45) is 55.8. The van der Waals surface area contributed by atoms with E-state index in [1.54, 1.807) is 6.08 Å². The standard InChI is InChI=1S/C48H89NO4/c1-3-5-7-9-11-13-15-17-19-20-21-22-23-24-25-26-27-29-30-32-34-36-38-40-42-46(51)45(44-50)49-48(53)47(52)43-41-39-37-35-33-31-28-18-16-14-12-10-8-6-4-2/h26-28,31-32,34,40,42,45-47,50-52H,3-25,29-30,33,35-39,41,43-44H2,1-2H3,(H,49,53)/b27-26+,31-28-,34-32+,42-40+. The van der Waals surface area contributed by atoms with Crippen molar-refractivity contribution in [1.82, 2.24) is 5.32 Å². The summed E-state index contributed by atoms with van der Waals surface area (Å²) in [5.74, 6) is -0.527. The number of hydrogen-bond acceptors (Lipinski definition) is 4. The number of allylic oxidation sites excluding steroid dienone is 7. The van der Waals surface area contributed by atoms with Gasteiger partial charge in [0, 0.05) is 0 Å². The summed E-state index contributed by atoms with van der Waals surface area (Å²) < 4.78 is 0. The predicted molar refractivity (Wildman–Crippen MR) is 231 cm³/mol. The normalized spacial score (nSPS) is 14.0. The molecule has 0 bridgehead atoms. The lowest BCUT2D eigenvalue weighted by atomic mass is 10.0. The molecule has 0 saturated heterocycles. The minimum Gasteiger partial charge on any atom is -0.394 e. The fraction of sp³-hybridized carbons (Fsp3) is 0.812. The Kier molecular flexibility index (Phi) is 41.7. The van der Waals surface area contributed by atoms with Gasteiger partial charge in [0.05, 0.1) is 18.8 Å². The molecular formula is C48H89NO4. The Balaban J connectivity index is 3.74. The van der Waals surface area contributed by atoms with Gasteiger partial charge in [0.2, 0.25) is 5.91 Å². The summed E-state index contributed by atoms with van der Waals surface area (Å²) in [5.41, 5.74) is 0. The molecule has 4 N–H and O–H groups in total. The average Bonchev–Trinajstić information content (AvgIpc) is 3.16. The Labute approximate surface area is 329 Å². The van der Waals surface area contributed by atoms with Crippen LogP contribution in [0.15, 0.2) is 48.6 Å². The van der Waals surface area contributed by atoms with Gasteiger partial charge >= 0.3 is 0 Å². The van der Waals surface area contributed by atoms with Gasteiger partial charge in [-0.1, -0.05) is 204 Å². The first-order valence-electron chi connectivity index (χ1n) is 23.0. The predicted octanol–water partition coefficient (Wildman–Crippen LogP) is 13.3. The number of carbonyl (C=O) groups is 1. The largest absolute Gasteiger partial charge is 0.394 e. The van der Waals surface area contributed by atoms with E-state index in [1.807, 2.05) is 6.08 Å². The van der Waals surface area contributed by atoms with Gasteiger partial charge in [0.15, 0.2) is 0 Å². The molecule has 53 heavy (non-hydrogen) atoms. The first kappa shape index (κ1) is 51.3. The van der Waals surface area contributed by atoms with E-state index in [2.05, 4.69) is 55.6 Å². The summed E-state index contributed by atoms with van der Waals surface area (Å²) >= 11 is 0. The van der Waals surface area contributed by atoms with Crippen molar-refractivity contribution in [3.05, 3.63) is 48.6 Å². The number of hydrogen-bond donors (Lipinski definition) is 4. The second-order valence-corrected chi connectivity index (χ2v) is 15.6. The molecule has 0 aliphatic carbocycles. The molecule has 0 aliphatic heterocycles. The topological polar surface area (TPSA) is 89.8 Å². The van der Waals surface area contributed by atoms with Crippen molar-refractivity contribution >= 4 is 5.91 Å². The number of aliphatic hydroxyl groups excluding tert-OH is 3. The van der Waals surface area contributed by atoms with Crippen LogP contribution in [-0.4, -0.2) is 46.1 Å². The van der Waals surface area contributed by atoms with Crippen molar-refractivity contribution in [3.8, 4) is 0 Å². The van der Waals surface area contributed by atoms with Crippen LogP contribution >= 0.6 is 0 Å². The maximum absolute atomic E-state index is 12.4. The number of unbranched alkanes of at least 4 members (excludes halogenated alkanes) is 27. The minimum atomic E-state index is -1.12. The second-order valence-electron chi connectivity index (χ2n) is 15.6. The Morgan fingerprint density at radius 1 is 0.453 bits per heavy atom. The molecule has 0 saturated carbocycles. The van der Waals surface area contributed by atoms with Gasteiger partial charge in [-0.15, -0.1) is 0 Å². The maximum atomic E-state index is 12.4. The molecule has 0 fully saturated rings. The molecule has 310 valence electrons. The Bertz CT molecular complexity index is 866. The Morgan fingerprint density at radius 3 is 1.15 bits per heavy atom. The Hall–Kier alpha value is -1.69. The van der Waals surface area contributed by atoms with E-state index >= 15 is 0 Å². The molecular weight excluding hydrogens is 655 g/mol. The van der Waals surface area contributed by atoms with Crippen molar-refractivity contribution in [2.45, 2.75) is 244 Å². The van der Waals surface area contributed by atoms with E-state index < -0.39 is 24.2 Å². The van der Waals surface area contributed by atoms with E-state index in [1.165, 1.54) is 148 Å². The zero-order valence-corrected chi connectivity index (χ0v) is 35.1. The zero-order chi connectivity index (χ0) is 38.7. The molecule has 0 aliphatic rings. The SMILES string of the molecule is CCCCCCCCC/C=C\CCCCCCC(O)C(=O)NC(CO)C(O)/C=C/CC/C=C/CC/C=C/CCCCCCCCCCCCCCCC. The van der Waals surface area contributed by atoms with Crippen LogP contribution in [0.5, 0.6) is 0 Å². The van der Waals surface area contributed by atoms with Gasteiger partial charge in [0.25, 0.3) is 0 Å². The van der Waals surface area contributed by atoms with E-state index in [-0.39, 0.29) is 6.61 Å². The van der Waals surface area contributed by atoms with Crippen LogP contribution in [0, 0.1) is 0 Å². The van der Waals surface area contributed by atoms with Crippen LogP contribution in [0.4, 0.5) is 0 Å². The van der Waals surface area contributed by atoms with E-state index in [0.717, 1.165) is 57.8 Å². The van der Waals surface area contributed by atoms with Gasteiger partial charge in [-0.3, -0.25) is 4.79 Å². The van der Waals surface area contributed by atoms with Gasteiger partial charge in [-0.2, -0.15) is 0 Å².